The predicted molar refractivity (Wildman–Crippen MR) is 75.1 cm³/mol. The number of nitrogens with two attached hydrogens (primary N) is 1. The average molecular weight is 287 g/mol. The molecule has 0 aromatic carbocycles. The lowest BCUT2D eigenvalue weighted by Crippen LogP contribution is -2.49. The topological polar surface area (TPSA) is 113 Å². The highest BCUT2D eigenvalue weighted by Crippen LogP contribution is 2.05. The third-order valence-corrected chi connectivity index (χ3v) is 3.17. The van der Waals surface area contributed by atoms with Crippen molar-refractivity contribution in [3.63, 3.8) is 0 Å². The molecule has 0 aliphatic heterocycles. The van der Waals surface area contributed by atoms with E-state index in [9.17, 15) is 14.4 Å². The number of nitrogens with zero attached hydrogens (tertiary/aromatic N) is 1. The van der Waals surface area contributed by atoms with Crippen molar-refractivity contribution in [1.82, 2.24) is 10.2 Å². The minimum Gasteiger partial charge on any atom is -0.480 e. The summed E-state index contributed by atoms with van der Waals surface area (Å²) in [5.74, 6) is -1.41. The number of hydrogen-bond acceptors (Lipinski definition) is 3. The Bertz CT molecular complexity index is 347. The Morgan fingerprint density at radius 1 is 1.30 bits per heavy atom. The fourth-order valence-corrected chi connectivity index (χ4v) is 1.65. The molecule has 7 nitrogen and oxygen atoms in total. The number of carbonyl (C=O) groups excluding carboxylic acids is 2. The van der Waals surface area contributed by atoms with Crippen LogP contribution < -0.4 is 11.1 Å². The zero-order valence-corrected chi connectivity index (χ0v) is 12.4. The smallest absolute Gasteiger partial charge is 0.326 e. The normalized spacial score (nSPS) is 13.3. The van der Waals surface area contributed by atoms with Gasteiger partial charge in [0.1, 0.15) is 6.04 Å². The van der Waals surface area contributed by atoms with Gasteiger partial charge in [-0.15, -0.1) is 0 Å². The van der Waals surface area contributed by atoms with E-state index in [-0.39, 0.29) is 12.8 Å². The van der Waals surface area contributed by atoms with Crippen molar-refractivity contribution < 1.29 is 19.5 Å². The molecule has 0 aliphatic carbocycles. The molecule has 3 amide bonds. The molecule has 0 aromatic heterocycles. The van der Waals surface area contributed by atoms with E-state index in [2.05, 4.69) is 5.32 Å². The summed E-state index contributed by atoms with van der Waals surface area (Å²) in [6.07, 6.45) is 0.861. The summed E-state index contributed by atoms with van der Waals surface area (Å²) in [7, 11) is 0. The highest BCUT2D eigenvalue weighted by molar-refractivity contribution is 5.83. The van der Waals surface area contributed by atoms with Crippen LogP contribution in [0.3, 0.4) is 0 Å². The molecular formula is C13H25N3O4. The molecule has 0 bridgehead atoms. The van der Waals surface area contributed by atoms with E-state index in [1.54, 1.807) is 4.90 Å². The Hall–Kier alpha value is -1.79. The summed E-state index contributed by atoms with van der Waals surface area (Å²) in [6, 6.07) is -1.52. The van der Waals surface area contributed by atoms with Crippen molar-refractivity contribution in [2.24, 2.45) is 11.7 Å². The van der Waals surface area contributed by atoms with E-state index in [4.69, 9.17) is 10.8 Å². The van der Waals surface area contributed by atoms with Crippen LogP contribution in [0.4, 0.5) is 4.79 Å². The number of primary amides is 1. The van der Waals surface area contributed by atoms with Crippen molar-refractivity contribution in [2.45, 2.75) is 46.1 Å². The lowest BCUT2D eigenvalue weighted by molar-refractivity contribution is -0.139. The zero-order valence-electron chi connectivity index (χ0n) is 12.4. The van der Waals surface area contributed by atoms with Crippen molar-refractivity contribution >= 4 is 17.9 Å². The van der Waals surface area contributed by atoms with Gasteiger partial charge in [-0.2, -0.15) is 0 Å². The molecule has 0 spiro atoms. The van der Waals surface area contributed by atoms with Crippen molar-refractivity contribution in [2.75, 3.05) is 13.1 Å². The SMILES string of the molecule is CCC(C)CN(CC)C(=O)N[C@H](CCC(N)=O)C(=O)O. The van der Waals surface area contributed by atoms with Crippen molar-refractivity contribution in [3.8, 4) is 0 Å². The van der Waals surface area contributed by atoms with Crippen LogP contribution in [0.25, 0.3) is 0 Å². The number of urea groups is 1. The molecule has 116 valence electrons. The highest BCUT2D eigenvalue weighted by atomic mass is 16.4. The number of rotatable bonds is 9. The minimum atomic E-state index is -1.17. The van der Waals surface area contributed by atoms with E-state index < -0.39 is 23.9 Å². The maximum absolute atomic E-state index is 12.0. The van der Waals surface area contributed by atoms with Gasteiger partial charge in [0.05, 0.1) is 0 Å². The third-order valence-electron chi connectivity index (χ3n) is 3.17. The van der Waals surface area contributed by atoms with Crippen LogP contribution in [0.1, 0.15) is 40.0 Å². The number of carbonyl (C=O) groups is 3. The summed E-state index contributed by atoms with van der Waals surface area (Å²) in [6.45, 7) is 6.96. The van der Waals surface area contributed by atoms with Crippen LogP contribution >= 0.6 is 0 Å². The van der Waals surface area contributed by atoms with Gasteiger partial charge in [0.15, 0.2) is 0 Å². The number of hydrogen-bond donors (Lipinski definition) is 3. The van der Waals surface area contributed by atoms with Crippen LogP contribution in [0, 0.1) is 5.92 Å². The summed E-state index contributed by atoms with van der Waals surface area (Å²) >= 11 is 0. The summed E-state index contributed by atoms with van der Waals surface area (Å²) < 4.78 is 0. The number of carboxylic acids is 1. The van der Waals surface area contributed by atoms with E-state index in [1.165, 1.54) is 0 Å². The molecule has 0 aromatic rings. The molecule has 0 saturated heterocycles. The lowest BCUT2D eigenvalue weighted by atomic mass is 10.1. The molecule has 0 rings (SSSR count). The molecule has 0 heterocycles. The maximum atomic E-state index is 12.0. The Labute approximate surface area is 119 Å². The van der Waals surface area contributed by atoms with Gasteiger partial charge in [-0.1, -0.05) is 20.3 Å². The minimum absolute atomic E-state index is 0.00269. The molecular weight excluding hydrogens is 262 g/mol. The molecule has 4 N–H and O–H groups in total. The van der Waals surface area contributed by atoms with Gasteiger partial charge >= 0.3 is 12.0 Å². The van der Waals surface area contributed by atoms with Crippen LogP contribution in [-0.2, 0) is 9.59 Å². The van der Waals surface area contributed by atoms with E-state index in [0.717, 1.165) is 6.42 Å². The first-order valence-electron chi connectivity index (χ1n) is 6.88. The molecule has 0 radical (unpaired) electrons. The predicted octanol–water partition coefficient (Wildman–Crippen LogP) is 0.783. The molecule has 20 heavy (non-hydrogen) atoms. The van der Waals surface area contributed by atoms with Crippen molar-refractivity contribution in [3.05, 3.63) is 0 Å². The zero-order chi connectivity index (χ0) is 15.7. The van der Waals surface area contributed by atoms with Gasteiger partial charge < -0.3 is 21.1 Å². The molecule has 0 saturated carbocycles. The Morgan fingerprint density at radius 3 is 2.30 bits per heavy atom. The third kappa shape index (κ3) is 6.96. The molecule has 1 unspecified atom stereocenters. The first-order chi connectivity index (χ1) is 9.31. The van der Waals surface area contributed by atoms with E-state index in [0.29, 0.717) is 19.0 Å². The van der Waals surface area contributed by atoms with Crippen LogP contribution in [0.2, 0.25) is 0 Å². The second-order valence-electron chi connectivity index (χ2n) is 4.90. The summed E-state index contributed by atoms with van der Waals surface area (Å²) in [5.41, 5.74) is 4.99. The first kappa shape index (κ1) is 18.2. The fraction of sp³-hybridized carbons (Fsp3) is 0.769. The number of amides is 3. The van der Waals surface area contributed by atoms with Crippen LogP contribution in [-0.4, -0.2) is 47.0 Å². The average Bonchev–Trinajstić information content (AvgIpc) is 2.39. The van der Waals surface area contributed by atoms with E-state index >= 15 is 0 Å². The fourth-order valence-electron chi connectivity index (χ4n) is 1.65. The second kappa shape index (κ2) is 9.17. The quantitative estimate of drug-likeness (QED) is 0.581. The van der Waals surface area contributed by atoms with Gasteiger partial charge in [-0.05, 0) is 19.3 Å². The van der Waals surface area contributed by atoms with Gasteiger partial charge in [-0.3, -0.25) is 4.79 Å². The molecule has 0 fully saturated rings. The summed E-state index contributed by atoms with van der Waals surface area (Å²) in [4.78, 5) is 35.3. The Balaban J connectivity index is 4.55. The van der Waals surface area contributed by atoms with Crippen LogP contribution in [0.5, 0.6) is 0 Å². The Kier molecular flexibility index (Phi) is 8.35. The number of carboxylic acid groups (broad SMARTS) is 1. The standard InChI is InChI=1S/C13H25N3O4/c1-4-9(3)8-16(5-2)13(20)15-10(12(18)19)6-7-11(14)17/h9-10H,4-8H2,1-3H3,(H2,14,17)(H,15,20)(H,18,19)/t9?,10-/m1/s1. The second-order valence-corrected chi connectivity index (χ2v) is 4.90. The van der Waals surface area contributed by atoms with Gasteiger partial charge in [-0.25, -0.2) is 9.59 Å². The van der Waals surface area contributed by atoms with E-state index in [1.807, 2.05) is 20.8 Å². The summed E-state index contributed by atoms with van der Waals surface area (Å²) in [5, 5.41) is 11.5. The maximum Gasteiger partial charge on any atom is 0.326 e. The Morgan fingerprint density at radius 2 is 1.90 bits per heavy atom. The number of aliphatic carboxylic acids is 1. The monoisotopic (exact) mass is 287 g/mol. The molecule has 2 atom stereocenters. The largest absolute Gasteiger partial charge is 0.480 e. The van der Waals surface area contributed by atoms with Crippen LogP contribution in [0.15, 0.2) is 0 Å². The first-order valence-corrected chi connectivity index (χ1v) is 6.88. The number of nitrogens with one attached hydrogen (secondary N) is 1. The van der Waals surface area contributed by atoms with Gasteiger partial charge in [0.25, 0.3) is 0 Å². The van der Waals surface area contributed by atoms with Crippen molar-refractivity contribution in [1.29, 1.82) is 0 Å². The molecule has 7 heteroatoms. The van der Waals surface area contributed by atoms with Gasteiger partial charge in [0, 0.05) is 19.5 Å². The van der Waals surface area contributed by atoms with Gasteiger partial charge in [0.2, 0.25) is 5.91 Å². The molecule has 0 aliphatic rings. The lowest BCUT2D eigenvalue weighted by Gasteiger charge is -2.26. The highest BCUT2D eigenvalue weighted by Gasteiger charge is 2.23.